The van der Waals surface area contributed by atoms with Crippen LogP contribution in [0.2, 0.25) is 0 Å². The number of nitrogens with one attached hydrogen (secondary N) is 1. The molecule has 3 aromatic rings. The molecule has 0 amide bonds. The number of nitro benzene ring substituents is 1. The molecule has 1 heterocycles. The van der Waals surface area contributed by atoms with Crippen LogP contribution in [0.5, 0.6) is 0 Å². The highest BCUT2D eigenvalue weighted by molar-refractivity contribution is 5.91. The summed E-state index contributed by atoms with van der Waals surface area (Å²) in [4.78, 5) is 14.7. The highest BCUT2D eigenvalue weighted by Crippen LogP contribution is 2.22. The second-order valence-electron chi connectivity index (χ2n) is 4.66. The largest absolute Gasteiger partial charge is 0.380 e. The molecule has 104 valence electrons. The number of anilines is 1. The Morgan fingerprint density at radius 1 is 1.10 bits per heavy atom. The van der Waals surface area contributed by atoms with Crippen LogP contribution in [0.4, 0.5) is 11.4 Å². The van der Waals surface area contributed by atoms with E-state index in [9.17, 15) is 10.1 Å². The normalized spacial score (nSPS) is 10.5. The van der Waals surface area contributed by atoms with Gasteiger partial charge in [-0.15, -0.1) is 0 Å². The van der Waals surface area contributed by atoms with Gasteiger partial charge < -0.3 is 5.32 Å². The second kappa shape index (κ2) is 5.58. The van der Waals surface area contributed by atoms with Gasteiger partial charge >= 0.3 is 0 Å². The minimum atomic E-state index is -0.384. The summed E-state index contributed by atoms with van der Waals surface area (Å²) in [5.74, 6) is 0. The molecule has 0 saturated carbocycles. The maximum absolute atomic E-state index is 10.8. The van der Waals surface area contributed by atoms with Gasteiger partial charge in [0.1, 0.15) is 0 Å². The van der Waals surface area contributed by atoms with Crippen LogP contribution >= 0.6 is 0 Å². The van der Waals surface area contributed by atoms with Crippen LogP contribution in [0.25, 0.3) is 10.9 Å². The number of pyridine rings is 1. The van der Waals surface area contributed by atoms with Crippen LogP contribution < -0.4 is 5.32 Å². The molecule has 0 fully saturated rings. The minimum absolute atomic E-state index is 0.105. The van der Waals surface area contributed by atoms with E-state index in [1.807, 2.05) is 36.4 Å². The summed E-state index contributed by atoms with van der Waals surface area (Å²) in [6.45, 7) is 0.523. The van der Waals surface area contributed by atoms with Gasteiger partial charge in [-0.2, -0.15) is 0 Å². The Kier molecular flexibility index (Phi) is 3.47. The summed E-state index contributed by atoms with van der Waals surface area (Å²) in [6, 6.07) is 16.4. The number of rotatable bonds is 4. The summed E-state index contributed by atoms with van der Waals surface area (Å²) in [5, 5.41) is 15.1. The molecule has 1 aromatic heterocycles. The molecule has 0 atom stereocenters. The first-order valence-corrected chi connectivity index (χ1v) is 6.55. The summed E-state index contributed by atoms with van der Waals surface area (Å²) < 4.78 is 0. The van der Waals surface area contributed by atoms with E-state index >= 15 is 0 Å². The summed E-state index contributed by atoms with van der Waals surface area (Å²) in [6.07, 6.45) is 1.76. The zero-order chi connectivity index (χ0) is 14.7. The smallest absolute Gasteiger partial charge is 0.269 e. The molecular weight excluding hydrogens is 266 g/mol. The Labute approximate surface area is 121 Å². The third kappa shape index (κ3) is 2.81. The highest BCUT2D eigenvalue weighted by Gasteiger charge is 2.06. The predicted octanol–water partition coefficient (Wildman–Crippen LogP) is 3.76. The molecule has 0 aliphatic heterocycles. The zero-order valence-electron chi connectivity index (χ0n) is 11.2. The molecule has 2 aromatic carbocycles. The third-order valence-electron chi connectivity index (χ3n) is 3.25. The summed E-state index contributed by atoms with van der Waals surface area (Å²) in [7, 11) is 0. The Hall–Kier alpha value is -2.95. The van der Waals surface area contributed by atoms with Crippen LogP contribution in [0.15, 0.2) is 60.8 Å². The minimum Gasteiger partial charge on any atom is -0.380 e. The Morgan fingerprint density at radius 2 is 1.95 bits per heavy atom. The van der Waals surface area contributed by atoms with Crippen molar-refractivity contribution in [3.63, 3.8) is 0 Å². The average molecular weight is 279 g/mol. The van der Waals surface area contributed by atoms with Gasteiger partial charge in [-0.25, -0.2) is 0 Å². The number of hydrogen-bond donors (Lipinski definition) is 1. The van der Waals surface area contributed by atoms with E-state index < -0.39 is 0 Å². The number of aromatic nitrogens is 1. The predicted molar refractivity (Wildman–Crippen MR) is 82.2 cm³/mol. The number of benzene rings is 2. The van der Waals surface area contributed by atoms with E-state index in [0.29, 0.717) is 6.54 Å². The van der Waals surface area contributed by atoms with Gasteiger partial charge in [0.2, 0.25) is 0 Å². The first kappa shape index (κ1) is 13.1. The van der Waals surface area contributed by atoms with Crippen molar-refractivity contribution >= 4 is 22.3 Å². The van der Waals surface area contributed by atoms with Crippen molar-refractivity contribution in [2.75, 3.05) is 5.32 Å². The van der Waals surface area contributed by atoms with E-state index in [1.165, 1.54) is 6.07 Å². The summed E-state index contributed by atoms with van der Waals surface area (Å²) >= 11 is 0. The van der Waals surface area contributed by atoms with Crippen molar-refractivity contribution in [2.45, 2.75) is 6.54 Å². The van der Waals surface area contributed by atoms with E-state index in [4.69, 9.17) is 0 Å². The van der Waals surface area contributed by atoms with Crippen molar-refractivity contribution in [1.29, 1.82) is 0 Å². The van der Waals surface area contributed by atoms with Crippen LogP contribution in [0.1, 0.15) is 5.56 Å². The van der Waals surface area contributed by atoms with Crippen LogP contribution in [0, 0.1) is 10.1 Å². The van der Waals surface area contributed by atoms with E-state index in [0.717, 1.165) is 22.2 Å². The number of hydrogen-bond acceptors (Lipinski definition) is 4. The monoisotopic (exact) mass is 279 g/mol. The highest BCUT2D eigenvalue weighted by atomic mass is 16.6. The molecule has 0 unspecified atom stereocenters. The molecular formula is C16H13N3O2. The molecule has 0 saturated heterocycles. The van der Waals surface area contributed by atoms with Gasteiger partial charge in [0, 0.05) is 35.9 Å². The average Bonchev–Trinajstić information content (AvgIpc) is 2.53. The second-order valence-corrected chi connectivity index (χ2v) is 4.66. The lowest BCUT2D eigenvalue weighted by Gasteiger charge is -2.09. The molecule has 5 nitrogen and oxygen atoms in total. The molecule has 1 N–H and O–H groups in total. The number of nitro groups is 1. The maximum Gasteiger partial charge on any atom is 0.269 e. The fourth-order valence-electron chi connectivity index (χ4n) is 2.23. The Morgan fingerprint density at radius 3 is 2.81 bits per heavy atom. The molecule has 3 rings (SSSR count). The quantitative estimate of drug-likeness (QED) is 0.583. The fraction of sp³-hybridized carbons (Fsp3) is 0.0625. The molecule has 21 heavy (non-hydrogen) atoms. The van der Waals surface area contributed by atoms with Gasteiger partial charge in [0.15, 0.2) is 0 Å². The van der Waals surface area contributed by atoms with Crippen LogP contribution in [-0.2, 0) is 6.54 Å². The van der Waals surface area contributed by atoms with Crippen LogP contribution in [0.3, 0.4) is 0 Å². The van der Waals surface area contributed by atoms with Crippen molar-refractivity contribution in [2.24, 2.45) is 0 Å². The first-order chi connectivity index (χ1) is 10.2. The lowest BCUT2D eigenvalue weighted by Crippen LogP contribution is -2.00. The number of nitrogens with zero attached hydrogens (tertiary/aromatic N) is 2. The van der Waals surface area contributed by atoms with Crippen molar-refractivity contribution in [3.05, 3.63) is 76.5 Å². The van der Waals surface area contributed by atoms with Crippen molar-refractivity contribution in [3.8, 4) is 0 Å². The van der Waals surface area contributed by atoms with E-state index in [1.54, 1.807) is 18.3 Å². The maximum atomic E-state index is 10.8. The van der Waals surface area contributed by atoms with Gasteiger partial charge in [0.25, 0.3) is 5.69 Å². The van der Waals surface area contributed by atoms with Crippen molar-refractivity contribution in [1.82, 2.24) is 4.98 Å². The molecule has 0 radical (unpaired) electrons. The van der Waals surface area contributed by atoms with E-state index in [2.05, 4.69) is 10.3 Å². The van der Waals surface area contributed by atoms with Crippen LogP contribution in [-0.4, -0.2) is 9.91 Å². The Bertz CT molecular complexity index is 797. The van der Waals surface area contributed by atoms with E-state index in [-0.39, 0.29) is 10.6 Å². The number of fused-ring (bicyclic) bond motifs is 1. The third-order valence-corrected chi connectivity index (χ3v) is 3.25. The first-order valence-electron chi connectivity index (χ1n) is 6.55. The molecule has 0 bridgehead atoms. The Balaban J connectivity index is 1.84. The summed E-state index contributed by atoms with van der Waals surface area (Å²) in [5.41, 5.74) is 2.85. The van der Waals surface area contributed by atoms with Gasteiger partial charge in [-0.05, 0) is 29.8 Å². The topological polar surface area (TPSA) is 68.1 Å². The standard InChI is InChI=1S/C16H13N3O2/c20-19(21)13-5-1-4-12(10-13)11-18-16-8-2-7-15-14(16)6-3-9-17-15/h1-10,18H,11H2. The lowest BCUT2D eigenvalue weighted by molar-refractivity contribution is -0.384. The van der Waals surface area contributed by atoms with Gasteiger partial charge in [-0.3, -0.25) is 15.1 Å². The lowest BCUT2D eigenvalue weighted by atomic mass is 10.1. The molecule has 0 aliphatic rings. The fourth-order valence-corrected chi connectivity index (χ4v) is 2.23. The SMILES string of the molecule is O=[N+]([O-])c1cccc(CNc2cccc3ncccc23)c1. The molecule has 5 heteroatoms. The van der Waals surface area contributed by atoms with Gasteiger partial charge in [-0.1, -0.05) is 18.2 Å². The zero-order valence-corrected chi connectivity index (χ0v) is 11.2. The van der Waals surface area contributed by atoms with Gasteiger partial charge in [0.05, 0.1) is 10.4 Å². The molecule has 0 aliphatic carbocycles. The van der Waals surface area contributed by atoms with Crippen molar-refractivity contribution < 1.29 is 4.92 Å². The number of non-ortho nitro benzene ring substituents is 1. The molecule has 0 spiro atoms.